The van der Waals surface area contributed by atoms with Crippen LogP contribution in [-0.2, 0) is 9.59 Å². The van der Waals surface area contributed by atoms with E-state index in [0.29, 0.717) is 57.7 Å². The number of ether oxygens (including phenoxy) is 2. The van der Waals surface area contributed by atoms with Crippen molar-refractivity contribution in [3.63, 3.8) is 0 Å². The molecule has 4 amide bonds. The SMILES string of the molecule is COc1cc2nc(C)nc(NC(C)C3C=CC=C(C(F)(F)F)C3(F)C3CCC(=O)NC3=O)c2cc1OCC1(CNc2cccc3c2C(=O)NC3=O)CC1. The van der Waals surface area contributed by atoms with Gasteiger partial charge in [0.25, 0.3) is 11.8 Å². The predicted molar refractivity (Wildman–Crippen MR) is 184 cm³/mol. The number of piperidine rings is 1. The standard InChI is InChI=1S/C37H36F4N6O6/c1-18(22-7-5-9-28(37(39,40)41)36(22,38)23-10-11-29(48)46-33(23)50)43-31-21-14-27(26(52-3)15-25(21)44-19(2)45-31)53-17-35(12-13-35)16-42-24-8-4-6-20-30(24)34(51)47-32(20)49/h4-9,14-15,18,22-23,42H,10-13,16-17H2,1-3H3,(H,43,44,45)(H,46,48,50)(H,47,49,51). The Bertz CT molecular complexity index is 2110. The molecule has 53 heavy (non-hydrogen) atoms. The number of amides is 4. The zero-order chi connectivity index (χ0) is 37.9. The van der Waals surface area contributed by atoms with Gasteiger partial charge in [-0.05, 0) is 51.3 Å². The van der Waals surface area contributed by atoms with Crippen LogP contribution in [0.2, 0.25) is 0 Å². The molecule has 0 bridgehead atoms. The lowest BCUT2D eigenvalue weighted by atomic mass is 9.66. The minimum atomic E-state index is -5.09. The maximum absolute atomic E-state index is 17.3. The van der Waals surface area contributed by atoms with E-state index in [1.54, 1.807) is 37.3 Å². The van der Waals surface area contributed by atoms with Crippen molar-refractivity contribution in [1.29, 1.82) is 0 Å². The van der Waals surface area contributed by atoms with Gasteiger partial charge in [0, 0.05) is 47.5 Å². The number of halogens is 4. The van der Waals surface area contributed by atoms with Crippen LogP contribution in [0, 0.1) is 24.2 Å². The molecule has 16 heteroatoms. The van der Waals surface area contributed by atoms with E-state index in [0.717, 1.165) is 18.9 Å². The van der Waals surface area contributed by atoms with Crippen LogP contribution in [0.25, 0.3) is 10.9 Å². The monoisotopic (exact) mass is 736 g/mol. The number of anilines is 2. The second-order valence-electron chi connectivity index (χ2n) is 14.0. The molecule has 2 aliphatic heterocycles. The molecule has 1 aromatic heterocycles. The maximum atomic E-state index is 17.3. The number of hydrogen-bond donors (Lipinski definition) is 4. The van der Waals surface area contributed by atoms with Crippen LogP contribution in [-0.4, -0.2) is 71.7 Å². The molecule has 0 radical (unpaired) electrons. The zero-order valence-corrected chi connectivity index (χ0v) is 28.9. The number of alkyl halides is 4. The number of benzene rings is 2. The molecule has 3 aromatic rings. The lowest BCUT2D eigenvalue weighted by Crippen LogP contribution is -2.58. The van der Waals surface area contributed by atoms with Gasteiger partial charge in [-0.3, -0.25) is 29.8 Å². The minimum absolute atomic E-state index is 0.197. The highest BCUT2D eigenvalue weighted by Gasteiger charge is 2.61. The molecule has 12 nitrogen and oxygen atoms in total. The van der Waals surface area contributed by atoms with Crippen molar-refractivity contribution < 1.29 is 46.2 Å². The third kappa shape index (κ3) is 6.54. The Morgan fingerprint density at radius 1 is 1.06 bits per heavy atom. The maximum Gasteiger partial charge on any atom is 0.415 e. The number of nitrogens with one attached hydrogen (secondary N) is 4. The fourth-order valence-corrected chi connectivity index (χ4v) is 7.44. The van der Waals surface area contributed by atoms with Gasteiger partial charge in [-0.25, -0.2) is 14.4 Å². The molecule has 4 aliphatic rings. The van der Waals surface area contributed by atoms with Gasteiger partial charge in [0.1, 0.15) is 11.6 Å². The Labute approximate surface area is 300 Å². The van der Waals surface area contributed by atoms with Crippen molar-refractivity contribution in [1.82, 2.24) is 20.6 Å². The van der Waals surface area contributed by atoms with Crippen LogP contribution in [0.4, 0.5) is 29.1 Å². The van der Waals surface area contributed by atoms with Crippen molar-refractivity contribution in [3.05, 3.63) is 71.1 Å². The van der Waals surface area contributed by atoms with Gasteiger partial charge in [-0.15, -0.1) is 0 Å². The Morgan fingerprint density at radius 3 is 2.53 bits per heavy atom. The highest BCUT2D eigenvalue weighted by Crippen LogP contribution is 2.52. The molecule has 4 atom stereocenters. The Morgan fingerprint density at radius 2 is 1.83 bits per heavy atom. The summed E-state index contributed by atoms with van der Waals surface area (Å²) in [4.78, 5) is 58.2. The average Bonchev–Trinajstić information content (AvgIpc) is 3.81. The van der Waals surface area contributed by atoms with Gasteiger partial charge in [0.2, 0.25) is 11.8 Å². The summed E-state index contributed by atoms with van der Waals surface area (Å²) in [6.45, 7) is 3.84. The van der Waals surface area contributed by atoms with E-state index in [2.05, 4.69) is 25.9 Å². The molecule has 3 heterocycles. The quantitative estimate of drug-likeness (QED) is 0.150. The number of rotatable bonds is 11. The molecule has 4 N–H and O–H groups in total. The van der Waals surface area contributed by atoms with Crippen LogP contribution in [0.1, 0.15) is 59.1 Å². The average molecular weight is 737 g/mol. The number of aryl methyl sites for hydroxylation is 1. The van der Waals surface area contributed by atoms with E-state index in [1.807, 2.05) is 5.32 Å². The van der Waals surface area contributed by atoms with E-state index in [9.17, 15) is 32.3 Å². The molecule has 2 aliphatic carbocycles. The van der Waals surface area contributed by atoms with Crippen LogP contribution >= 0.6 is 0 Å². The largest absolute Gasteiger partial charge is 0.493 e. The topological polar surface area (TPSA) is 161 Å². The fraction of sp³-hybridized carbons (Fsp3) is 0.405. The van der Waals surface area contributed by atoms with Crippen molar-refractivity contribution in [2.45, 2.75) is 57.4 Å². The Hall–Kier alpha value is -5.54. The lowest BCUT2D eigenvalue weighted by Gasteiger charge is -2.45. The molecular formula is C37H36F4N6O6. The fourth-order valence-electron chi connectivity index (χ4n) is 7.44. The van der Waals surface area contributed by atoms with E-state index in [1.165, 1.54) is 20.1 Å². The summed E-state index contributed by atoms with van der Waals surface area (Å²) in [5.41, 5.74) is -3.42. The molecule has 0 spiro atoms. The number of imide groups is 2. The first-order valence-electron chi connectivity index (χ1n) is 17.1. The van der Waals surface area contributed by atoms with Crippen LogP contribution in [0.15, 0.2) is 54.1 Å². The summed E-state index contributed by atoms with van der Waals surface area (Å²) in [5.74, 6) is -4.72. The molecule has 1 saturated heterocycles. The van der Waals surface area contributed by atoms with Crippen LogP contribution in [0.5, 0.6) is 11.5 Å². The number of allylic oxidation sites excluding steroid dienone is 3. The van der Waals surface area contributed by atoms with Gasteiger partial charge < -0.3 is 20.1 Å². The highest BCUT2D eigenvalue weighted by molar-refractivity contribution is 6.23. The van der Waals surface area contributed by atoms with E-state index in [-0.39, 0.29) is 30.7 Å². The van der Waals surface area contributed by atoms with Gasteiger partial charge in [0.15, 0.2) is 17.2 Å². The minimum Gasteiger partial charge on any atom is -0.493 e. The number of nitrogens with zero attached hydrogens (tertiary/aromatic N) is 2. The molecule has 1 saturated carbocycles. The Balaban J connectivity index is 1.14. The second-order valence-corrected chi connectivity index (χ2v) is 14.0. The second kappa shape index (κ2) is 13.1. The molecule has 7 rings (SSSR count). The molecule has 2 fully saturated rings. The summed E-state index contributed by atoms with van der Waals surface area (Å²) in [6.07, 6.45) is -1.08. The smallest absolute Gasteiger partial charge is 0.415 e. The van der Waals surface area contributed by atoms with E-state index in [4.69, 9.17) is 9.47 Å². The van der Waals surface area contributed by atoms with E-state index >= 15 is 4.39 Å². The molecule has 278 valence electrons. The summed E-state index contributed by atoms with van der Waals surface area (Å²) >= 11 is 0. The van der Waals surface area contributed by atoms with Gasteiger partial charge in [0.05, 0.1) is 41.9 Å². The number of methoxy groups -OCH3 is 1. The van der Waals surface area contributed by atoms with Gasteiger partial charge in [-0.2, -0.15) is 13.2 Å². The molecule has 2 aromatic carbocycles. The number of hydrogen-bond acceptors (Lipinski definition) is 10. The third-order valence-corrected chi connectivity index (χ3v) is 10.4. The predicted octanol–water partition coefficient (Wildman–Crippen LogP) is 5.34. The van der Waals surface area contributed by atoms with Crippen molar-refractivity contribution in [2.75, 3.05) is 30.9 Å². The molecule has 4 unspecified atom stereocenters. The lowest BCUT2D eigenvalue weighted by molar-refractivity contribution is -0.148. The van der Waals surface area contributed by atoms with Crippen molar-refractivity contribution in [3.8, 4) is 11.5 Å². The normalized spacial score (nSPS) is 23.9. The zero-order valence-electron chi connectivity index (χ0n) is 28.9. The van der Waals surface area contributed by atoms with Crippen molar-refractivity contribution >= 4 is 46.0 Å². The van der Waals surface area contributed by atoms with Crippen LogP contribution in [0.3, 0.4) is 0 Å². The van der Waals surface area contributed by atoms with Gasteiger partial charge in [-0.1, -0.05) is 24.3 Å². The number of fused-ring (bicyclic) bond motifs is 2. The first-order valence-corrected chi connectivity index (χ1v) is 17.1. The number of carbonyl (C=O) groups excluding carboxylic acids is 4. The highest BCUT2D eigenvalue weighted by atomic mass is 19.4. The molecular weight excluding hydrogens is 700 g/mol. The number of aromatic nitrogens is 2. The van der Waals surface area contributed by atoms with Gasteiger partial charge >= 0.3 is 6.18 Å². The summed E-state index contributed by atoms with van der Waals surface area (Å²) in [5, 5.41) is 11.1. The number of carbonyl (C=O) groups is 4. The first-order chi connectivity index (χ1) is 25.1. The van der Waals surface area contributed by atoms with Crippen LogP contribution < -0.4 is 30.7 Å². The van der Waals surface area contributed by atoms with E-state index < -0.39 is 58.9 Å². The summed E-state index contributed by atoms with van der Waals surface area (Å²) in [6, 6.07) is 7.27. The Kier molecular flexibility index (Phi) is 8.89. The third-order valence-electron chi connectivity index (χ3n) is 10.4. The first kappa shape index (κ1) is 35.8. The summed E-state index contributed by atoms with van der Waals surface area (Å²) < 4.78 is 72.4. The van der Waals surface area contributed by atoms with Crippen molar-refractivity contribution in [2.24, 2.45) is 17.3 Å². The summed E-state index contributed by atoms with van der Waals surface area (Å²) in [7, 11) is 1.47.